The summed E-state index contributed by atoms with van der Waals surface area (Å²) in [4.78, 5) is 14.1. The topological polar surface area (TPSA) is 40.5 Å². The van der Waals surface area contributed by atoms with Crippen LogP contribution in [0.25, 0.3) is 0 Å². The normalized spacial score (nSPS) is 49.5. The third kappa shape index (κ3) is 2.42. The van der Waals surface area contributed by atoms with E-state index in [0.29, 0.717) is 11.3 Å². The lowest BCUT2D eigenvalue weighted by Gasteiger charge is -2.58. The Hall–Kier alpha value is -0.570. The van der Waals surface area contributed by atoms with Crippen LogP contribution in [0.4, 0.5) is 0 Å². The van der Waals surface area contributed by atoms with Crippen LogP contribution in [-0.2, 0) is 4.79 Å². The summed E-state index contributed by atoms with van der Waals surface area (Å²) in [5, 5.41) is 9.65. The van der Waals surface area contributed by atoms with Gasteiger partial charge in [-0.2, -0.15) is 0 Å². The smallest absolute Gasteiger partial charge is 0.321 e. The first-order valence-corrected chi connectivity index (χ1v) is 9.01. The van der Waals surface area contributed by atoms with Crippen molar-refractivity contribution in [2.75, 3.05) is 13.1 Å². The van der Waals surface area contributed by atoms with Gasteiger partial charge in [0.2, 0.25) is 0 Å². The molecule has 3 heteroatoms. The first-order valence-electron chi connectivity index (χ1n) is 9.01. The zero-order chi connectivity index (χ0) is 14.6. The van der Waals surface area contributed by atoms with Crippen LogP contribution in [0, 0.1) is 29.1 Å². The van der Waals surface area contributed by atoms with Gasteiger partial charge in [-0.1, -0.05) is 6.92 Å². The molecule has 0 spiro atoms. The van der Waals surface area contributed by atoms with Crippen molar-refractivity contribution >= 4 is 5.97 Å². The van der Waals surface area contributed by atoms with Crippen molar-refractivity contribution < 1.29 is 9.90 Å². The molecule has 1 N–H and O–H groups in total. The van der Waals surface area contributed by atoms with Crippen molar-refractivity contribution in [1.29, 1.82) is 0 Å². The summed E-state index contributed by atoms with van der Waals surface area (Å²) in [5.74, 6) is 2.60. The minimum absolute atomic E-state index is 0.230. The number of aliphatic carboxylic acids is 1. The van der Waals surface area contributed by atoms with Gasteiger partial charge < -0.3 is 5.11 Å². The predicted octanol–water partition coefficient (Wildman–Crippen LogP) is 3.39. The molecular formula is C18H29NO2. The second-order valence-corrected chi connectivity index (χ2v) is 8.79. The van der Waals surface area contributed by atoms with Gasteiger partial charge >= 0.3 is 5.97 Å². The molecule has 5 rings (SSSR count). The molecule has 118 valence electrons. The Bertz CT molecular complexity index is 398. The van der Waals surface area contributed by atoms with Gasteiger partial charge in [-0.3, -0.25) is 9.69 Å². The quantitative estimate of drug-likeness (QED) is 0.866. The molecule has 3 nitrogen and oxygen atoms in total. The van der Waals surface area contributed by atoms with E-state index in [9.17, 15) is 9.90 Å². The van der Waals surface area contributed by atoms with Crippen molar-refractivity contribution in [2.45, 2.75) is 64.3 Å². The summed E-state index contributed by atoms with van der Waals surface area (Å²) in [6, 6.07) is -0.230. The number of likely N-dealkylation sites (tertiary alicyclic amines) is 1. The van der Waals surface area contributed by atoms with Crippen molar-refractivity contribution in [3.05, 3.63) is 0 Å². The van der Waals surface area contributed by atoms with Crippen LogP contribution in [0.3, 0.4) is 0 Å². The molecule has 0 aromatic heterocycles. The molecule has 0 radical (unpaired) electrons. The lowest BCUT2D eigenvalue weighted by Crippen LogP contribution is -2.57. The first kappa shape index (κ1) is 14.0. The summed E-state index contributed by atoms with van der Waals surface area (Å²) < 4.78 is 0. The Kier molecular flexibility index (Phi) is 3.33. The molecule has 0 aromatic rings. The Morgan fingerprint density at radius 2 is 1.71 bits per heavy atom. The third-order valence-electron chi connectivity index (χ3n) is 6.99. The van der Waals surface area contributed by atoms with Crippen LogP contribution < -0.4 is 0 Å². The average Bonchev–Trinajstić information content (AvgIpc) is 2.35. The number of rotatable bonds is 3. The molecule has 2 unspecified atom stereocenters. The highest BCUT2D eigenvalue weighted by atomic mass is 16.4. The van der Waals surface area contributed by atoms with Crippen LogP contribution in [0.5, 0.6) is 0 Å². The van der Waals surface area contributed by atoms with E-state index in [1.165, 1.54) is 44.9 Å². The van der Waals surface area contributed by atoms with E-state index < -0.39 is 5.97 Å². The summed E-state index contributed by atoms with van der Waals surface area (Å²) >= 11 is 0. The molecule has 4 saturated carbocycles. The van der Waals surface area contributed by atoms with Gasteiger partial charge in [-0.05, 0) is 87.0 Å². The second kappa shape index (κ2) is 4.97. The Morgan fingerprint density at radius 3 is 2.24 bits per heavy atom. The maximum atomic E-state index is 11.7. The number of hydrogen-bond donors (Lipinski definition) is 1. The molecule has 1 aliphatic heterocycles. The SMILES string of the molecule is CC1CCCN(CC23CC4CC(CC(C4)C2)C3)C1C(=O)O. The number of carboxylic acid groups (broad SMARTS) is 1. The molecule has 0 aromatic carbocycles. The average molecular weight is 291 g/mol. The van der Waals surface area contributed by atoms with Crippen LogP contribution >= 0.6 is 0 Å². The number of carbonyl (C=O) groups is 1. The predicted molar refractivity (Wildman–Crippen MR) is 82.0 cm³/mol. The third-order valence-corrected chi connectivity index (χ3v) is 6.99. The van der Waals surface area contributed by atoms with Gasteiger partial charge in [0.05, 0.1) is 0 Å². The molecule has 1 heterocycles. The van der Waals surface area contributed by atoms with E-state index in [0.717, 1.165) is 37.3 Å². The molecule has 4 bridgehead atoms. The van der Waals surface area contributed by atoms with Gasteiger partial charge in [-0.15, -0.1) is 0 Å². The van der Waals surface area contributed by atoms with Gasteiger partial charge in [0, 0.05) is 6.54 Å². The molecule has 2 atom stereocenters. The van der Waals surface area contributed by atoms with Gasteiger partial charge in [-0.25, -0.2) is 0 Å². The van der Waals surface area contributed by atoms with Gasteiger partial charge in [0.15, 0.2) is 0 Å². The maximum Gasteiger partial charge on any atom is 0.321 e. The molecule has 5 fully saturated rings. The highest BCUT2D eigenvalue weighted by molar-refractivity contribution is 5.74. The minimum atomic E-state index is -0.591. The van der Waals surface area contributed by atoms with E-state index in [-0.39, 0.29) is 6.04 Å². The lowest BCUT2D eigenvalue weighted by molar-refractivity contribution is -0.150. The van der Waals surface area contributed by atoms with E-state index in [4.69, 9.17) is 0 Å². The molecule has 1 saturated heterocycles. The standard InChI is InChI=1S/C18H29NO2/c1-12-3-2-4-19(16(12)17(20)21)11-18-8-13-5-14(9-18)7-15(6-13)10-18/h12-16H,2-11H2,1H3,(H,20,21). The summed E-state index contributed by atoms with van der Waals surface area (Å²) in [7, 11) is 0. The molecular weight excluding hydrogens is 262 g/mol. The highest BCUT2D eigenvalue weighted by Crippen LogP contribution is 2.60. The number of carboxylic acids is 1. The molecule has 21 heavy (non-hydrogen) atoms. The Labute approximate surface area is 128 Å². The summed E-state index contributed by atoms with van der Waals surface area (Å²) in [6.07, 6.45) is 10.8. The monoisotopic (exact) mass is 291 g/mol. The van der Waals surface area contributed by atoms with E-state index in [2.05, 4.69) is 11.8 Å². The number of piperidine rings is 1. The van der Waals surface area contributed by atoms with E-state index in [1.807, 2.05) is 0 Å². The van der Waals surface area contributed by atoms with E-state index in [1.54, 1.807) is 0 Å². The molecule has 0 amide bonds. The van der Waals surface area contributed by atoms with Gasteiger partial charge in [0.1, 0.15) is 6.04 Å². The van der Waals surface area contributed by atoms with Crippen LogP contribution in [0.1, 0.15) is 58.3 Å². The Balaban J connectivity index is 1.53. The fourth-order valence-corrected chi connectivity index (χ4v) is 6.76. The number of nitrogens with zero attached hydrogens (tertiary/aromatic N) is 1. The fraction of sp³-hybridized carbons (Fsp3) is 0.944. The van der Waals surface area contributed by atoms with E-state index >= 15 is 0 Å². The van der Waals surface area contributed by atoms with Crippen LogP contribution in [0.2, 0.25) is 0 Å². The number of hydrogen-bond acceptors (Lipinski definition) is 2. The van der Waals surface area contributed by atoms with Crippen molar-refractivity contribution in [3.8, 4) is 0 Å². The molecule has 5 aliphatic rings. The van der Waals surface area contributed by atoms with Crippen molar-refractivity contribution in [3.63, 3.8) is 0 Å². The Morgan fingerprint density at radius 1 is 1.14 bits per heavy atom. The summed E-state index contributed by atoms with van der Waals surface area (Å²) in [5.41, 5.74) is 0.472. The van der Waals surface area contributed by atoms with Gasteiger partial charge in [0.25, 0.3) is 0 Å². The van der Waals surface area contributed by atoms with Crippen molar-refractivity contribution in [1.82, 2.24) is 4.90 Å². The minimum Gasteiger partial charge on any atom is -0.480 e. The van der Waals surface area contributed by atoms with Crippen LogP contribution in [0.15, 0.2) is 0 Å². The van der Waals surface area contributed by atoms with Crippen molar-refractivity contribution in [2.24, 2.45) is 29.1 Å². The largest absolute Gasteiger partial charge is 0.480 e. The summed E-state index contributed by atoms with van der Waals surface area (Å²) in [6.45, 7) is 4.20. The zero-order valence-corrected chi connectivity index (χ0v) is 13.3. The zero-order valence-electron chi connectivity index (χ0n) is 13.3. The second-order valence-electron chi connectivity index (χ2n) is 8.79. The highest BCUT2D eigenvalue weighted by Gasteiger charge is 2.52. The maximum absolute atomic E-state index is 11.7. The molecule has 4 aliphatic carbocycles. The fourth-order valence-electron chi connectivity index (χ4n) is 6.76. The lowest BCUT2D eigenvalue weighted by atomic mass is 9.49. The van der Waals surface area contributed by atoms with Crippen LogP contribution in [-0.4, -0.2) is 35.1 Å². The first-order chi connectivity index (χ1) is 10.0.